The summed E-state index contributed by atoms with van der Waals surface area (Å²) < 4.78 is 7.01. The molecular formula is C28H29N7O2. The number of pyridine rings is 2. The molecule has 1 N–H and O–H groups in total. The van der Waals surface area contributed by atoms with Crippen molar-refractivity contribution in [3.05, 3.63) is 118 Å². The molecule has 2 aromatic carbocycles. The molecule has 3 heterocycles. The van der Waals surface area contributed by atoms with E-state index in [4.69, 9.17) is 4.74 Å². The maximum absolute atomic E-state index is 13.7. The molecule has 0 saturated heterocycles. The number of tetrazole rings is 1. The molecule has 0 fully saturated rings. The second-order valence-electron chi connectivity index (χ2n) is 9.00. The van der Waals surface area contributed by atoms with Crippen molar-refractivity contribution in [3.8, 4) is 0 Å². The second-order valence-corrected chi connectivity index (χ2v) is 9.00. The van der Waals surface area contributed by atoms with Crippen molar-refractivity contribution in [1.82, 2.24) is 35.1 Å². The summed E-state index contributed by atoms with van der Waals surface area (Å²) in [5.41, 5.74) is 4.38. The fourth-order valence-corrected chi connectivity index (χ4v) is 4.63. The zero-order valence-corrected chi connectivity index (χ0v) is 20.9. The van der Waals surface area contributed by atoms with Crippen molar-refractivity contribution in [2.75, 3.05) is 13.7 Å². The van der Waals surface area contributed by atoms with E-state index >= 15 is 0 Å². The Bertz CT molecular complexity index is 1470. The molecule has 0 aliphatic heterocycles. The summed E-state index contributed by atoms with van der Waals surface area (Å²) in [6, 6.07) is 21.6. The number of ether oxygens (including phenoxy) is 1. The molecule has 9 heteroatoms. The summed E-state index contributed by atoms with van der Waals surface area (Å²) in [7, 11) is 1.64. The van der Waals surface area contributed by atoms with Gasteiger partial charge in [0.15, 0.2) is 5.82 Å². The van der Waals surface area contributed by atoms with Crippen LogP contribution in [0.3, 0.4) is 0 Å². The van der Waals surface area contributed by atoms with Crippen LogP contribution in [0.1, 0.15) is 34.1 Å². The molecule has 0 spiro atoms. The Balaban J connectivity index is 1.69. The van der Waals surface area contributed by atoms with Crippen molar-refractivity contribution in [3.63, 3.8) is 0 Å². The average molecular weight is 496 g/mol. The van der Waals surface area contributed by atoms with E-state index in [1.165, 1.54) is 0 Å². The van der Waals surface area contributed by atoms with Crippen LogP contribution in [0.15, 0.2) is 83.9 Å². The number of aryl methyl sites for hydroxylation is 1. The standard InChI is InChI=1S/C28H29N7O2/c1-20-8-6-12-23-16-24(28(36)30-25(20)23)26(27-31-32-33-35(27)14-15-37-2)34(18-21-9-4-3-5-10-21)19-22-11-7-13-29-17-22/h3-13,16-17,26H,14-15,18-19H2,1-2H3,(H,30,36)/t26-/m1/s1. The fourth-order valence-electron chi connectivity index (χ4n) is 4.63. The normalized spacial score (nSPS) is 12.3. The van der Waals surface area contributed by atoms with Crippen LogP contribution in [0.4, 0.5) is 0 Å². The molecular weight excluding hydrogens is 466 g/mol. The van der Waals surface area contributed by atoms with Crippen LogP contribution >= 0.6 is 0 Å². The Kier molecular flexibility index (Phi) is 7.43. The smallest absolute Gasteiger partial charge is 0.253 e. The Hall–Kier alpha value is -4.21. The summed E-state index contributed by atoms with van der Waals surface area (Å²) in [6.45, 7) is 4.01. The van der Waals surface area contributed by atoms with Crippen molar-refractivity contribution in [1.29, 1.82) is 0 Å². The van der Waals surface area contributed by atoms with Crippen LogP contribution in [-0.4, -0.2) is 48.8 Å². The monoisotopic (exact) mass is 495 g/mol. The topological polar surface area (TPSA) is 102 Å². The number of H-pyrrole nitrogens is 1. The molecule has 188 valence electrons. The van der Waals surface area contributed by atoms with E-state index < -0.39 is 6.04 Å². The molecule has 0 unspecified atom stereocenters. The van der Waals surface area contributed by atoms with Crippen molar-refractivity contribution >= 4 is 10.9 Å². The molecule has 5 aromatic rings. The number of benzene rings is 2. The van der Waals surface area contributed by atoms with Gasteiger partial charge in [-0.3, -0.25) is 14.7 Å². The first-order valence-electron chi connectivity index (χ1n) is 12.2. The van der Waals surface area contributed by atoms with Gasteiger partial charge in [-0.05, 0) is 51.6 Å². The van der Waals surface area contributed by atoms with E-state index in [0.29, 0.717) is 37.6 Å². The van der Waals surface area contributed by atoms with E-state index in [2.05, 4.69) is 42.5 Å². The molecule has 0 saturated carbocycles. The van der Waals surface area contributed by atoms with Crippen molar-refractivity contribution < 1.29 is 4.74 Å². The maximum Gasteiger partial charge on any atom is 0.253 e. The first kappa shape index (κ1) is 24.5. The van der Waals surface area contributed by atoms with E-state index in [-0.39, 0.29) is 5.56 Å². The number of para-hydroxylation sites is 1. The minimum Gasteiger partial charge on any atom is -0.383 e. The van der Waals surface area contributed by atoms with Gasteiger partial charge in [-0.2, -0.15) is 0 Å². The number of nitrogens with zero attached hydrogens (tertiary/aromatic N) is 6. The minimum atomic E-state index is -0.527. The van der Waals surface area contributed by atoms with Crippen LogP contribution in [0.5, 0.6) is 0 Å². The quantitative estimate of drug-likeness (QED) is 0.315. The van der Waals surface area contributed by atoms with Crippen LogP contribution in [0, 0.1) is 6.92 Å². The van der Waals surface area contributed by atoms with Gasteiger partial charge in [-0.25, -0.2) is 4.68 Å². The van der Waals surface area contributed by atoms with E-state index in [1.807, 2.05) is 67.7 Å². The SMILES string of the molecule is COCCn1nnnc1[C@@H](c1cc2cccc(C)c2[nH]c1=O)N(Cc1ccccc1)Cc1cccnc1. The van der Waals surface area contributed by atoms with Gasteiger partial charge in [-0.15, -0.1) is 5.10 Å². The third-order valence-corrected chi connectivity index (χ3v) is 6.42. The highest BCUT2D eigenvalue weighted by molar-refractivity contribution is 5.82. The van der Waals surface area contributed by atoms with Gasteiger partial charge in [0.25, 0.3) is 5.56 Å². The van der Waals surface area contributed by atoms with Crippen LogP contribution in [-0.2, 0) is 24.4 Å². The zero-order valence-electron chi connectivity index (χ0n) is 20.9. The maximum atomic E-state index is 13.7. The molecule has 3 aromatic heterocycles. The third-order valence-electron chi connectivity index (χ3n) is 6.42. The summed E-state index contributed by atoms with van der Waals surface area (Å²) in [5, 5.41) is 13.6. The second kappa shape index (κ2) is 11.2. The van der Waals surface area contributed by atoms with Crippen LogP contribution in [0.25, 0.3) is 10.9 Å². The highest BCUT2D eigenvalue weighted by Crippen LogP contribution is 2.30. The largest absolute Gasteiger partial charge is 0.383 e. The van der Waals surface area contributed by atoms with E-state index in [1.54, 1.807) is 18.0 Å². The number of hydrogen-bond acceptors (Lipinski definition) is 7. The third kappa shape index (κ3) is 5.47. The number of methoxy groups -OCH3 is 1. The molecule has 0 aliphatic carbocycles. The molecule has 0 amide bonds. The lowest BCUT2D eigenvalue weighted by molar-refractivity contribution is 0.169. The first-order valence-corrected chi connectivity index (χ1v) is 12.2. The van der Waals surface area contributed by atoms with Gasteiger partial charge in [0.1, 0.15) is 6.04 Å². The molecule has 0 radical (unpaired) electrons. The van der Waals surface area contributed by atoms with Crippen molar-refractivity contribution in [2.24, 2.45) is 0 Å². The molecule has 5 rings (SSSR count). The molecule has 0 bridgehead atoms. The first-order chi connectivity index (χ1) is 18.1. The number of hydrogen-bond donors (Lipinski definition) is 1. The van der Waals surface area contributed by atoms with Gasteiger partial charge in [0.2, 0.25) is 0 Å². The summed E-state index contributed by atoms with van der Waals surface area (Å²) >= 11 is 0. The fraction of sp³-hybridized carbons (Fsp3) is 0.250. The van der Waals surface area contributed by atoms with E-state index in [0.717, 1.165) is 27.6 Å². The predicted molar refractivity (Wildman–Crippen MR) is 141 cm³/mol. The van der Waals surface area contributed by atoms with Gasteiger partial charge < -0.3 is 9.72 Å². The lowest BCUT2D eigenvalue weighted by Gasteiger charge is -2.31. The number of aromatic amines is 1. The molecule has 1 atom stereocenters. The molecule has 37 heavy (non-hydrogen) atoms. The Morgan fingerprint density at radius 2 is 1.84 bits per heavy atom. The lowest BCUT2D eigenvalue weighted by atomic mass is 10.0. The summed E-state index contributed by atoms with van der Waals surface area (Å²) in [5.74, 6) is 0.578. The van der Waals surface area contributed by atoms with E-state index in [9.17, 15) is 4.79 Å². The molecule has 9 nitrogen and oxygen atoms in total. The average Bonchev–Trinajstić information content (AvgIpc) is 3.38. The van der Waals surface area contributed by atoms with Gasteiger partial charge >= 0.3 is 0 Å². The zero-order chi connectivity index (χ0) is 25.6. The predicted octanol–water partition coefficient (Wildman–Crippen LogP) is 3.66. The van der Waals surface area contributed by atoms with Gasteiger partial charge in [0, 0.05) is 38.2 Å². The van der Waals surface area contributed by atoms with Gasteiger partial charge in [0.05, 0.1) is 18.7 Å². The summed E-state index contributed by atoms with van der Waals surface area (Å²) in [6.07, 6.45) is 3.60. The Morgan fingerprint density at radius 3 is 2.62 bits per heavy atom. The number of rotatable bonds is 10. The van der Waals surface area contributed by atoms with Crippen LogP contribution < -0.4 is 5.56 Å². The number of nitrogens with one attached hydrogen (secondary N) is 1. The minimum absolute atomic E-state index is 0.169. The highest BCUT2D eigenvalue weighted by atomic mass is 16.5. The lowest BCUT2D eigenvalue weighted by Crippen LogP contribution is -2.35. The summed E-state index contributed by atoms with van der Waals surface area (Å²) in [4.78, 5) is 23.3. The van der Waals surface area contributed by atoms with Crippen molar-refractivity contribution in [2.45, 2.75) is 32.6 Å². The Labute approximate surface area is 214 Å². The Morgan fingerprint density at radius 1 is 1.03 bits per heavy atom. The molecule has 0 aliphatic rings. The number of aromatic nitrogens is 6. The van der Waals surface area contributed by atoms with Crippen LogP contribution in [0.2, 0.25) is 0 Å². The highest BCUT2D eigenvalue weighted by Gasteiger charge is 2.31. The van der Waals surface area contributed by atoms with Gasteiger partial charge in [-0.1, -0.05) is 54.6 Å². The number of fused-ring (bicyclic) bond motifs is 1.